The summed E-state index contributed by atoms with van der Waals surface area (Å²) in [7, 11) is 0. The molecule has 1 aliphatic heterocycles. The van der Waals surface area contributed by atoms with Crippen LogP contribution in [0.4, 0.5) is 0 Å². The number of esters is 1. The highest BCUT2D eigenvalue weighted by molar-refractivity contribution is 5.89. The number of ether oxygens (including phenoxy) is 1. The van der Waals surface area contributed by atoms with Gasteiger partial charge < -0.3 is 4.74 Å². The van der Waals surface area contributed by atoms with Gasteiger partial charge in [-0.2, -0.15) is 5.06 Å². The maximum Gasteiger partial charge on any atom is 0.338 e. The Hall–Kier alpha value is -2.17. The van der Waals surface area contributed by atoms with Crippen molar-refractivity contribution >= 4 is 5.97 Å². The molecular weight excluding hydrogens is 362 g/mol. The van der Waals surface area contributed by atoms with E-state index in [0.29, 0.717) is 5.56 Å². The van der Waals surface area contributed by atoms with Crippen LogP contribution in [-0.2, 0) is 20.7 Å². The van der Waals surface area contributed by atoms with Gasteiger partial charge in [-0.1, -0.05) is 48.9 Å². The molecule has 1 aliphatic carbocycles. The summed E-state index contributed by atoms with van der Waals surface area (Å²) in [5.41, 5.74) is 2.65. The molecule has 0 aromatic heterocycles. The van der Waals surface area contributed by atoms with Crippen LogP contribution in [0.3, 0.4) is 0 Å². The van der Waals surface area contributed by atoms with Gasteiger partial charge in [0.25, 0.3) is 0 Å². The van der Waals surface area contributed by atoms with Crippen molar-refractivity contribution in [3.63, 3.8) is 0 Å². The van der Waals surface area contributed by atoms with Gasteiger partial charge in [-0.15, -0.1) is 0 Å². The van der Waals surface area contributed by atoms with Gasteiger partial charge in [-0.25, -0.2) is 4.79 Å². The Morgan fingerprint density at radius 2 is 1.34 bits per heavy atom. The Balaban J connectivity index is 1.55. The Morgan fingerprint density at radius 3 is 1.93 bits per heavy atom. The Bertz CT molecular complexity index is 840. The number of hydroxylamine groups is 2. The van der Waals surface area contributed by atoms with Crippen LogP contribution in [0.1, 0.15) is 74.9 Å². The zero-order valence-corrected chi connectivity index (χ0v) is 17.9. The molecule has 154 valence electrons. The van der Waals surface area contributed by atoms with E-state index < -0.39 is 0 Å². The summed E-state index contributed by atoms with van der Waals surface area (Å²) >= 11 is 0. The minimum atomic E-state index is -0.269. The van der Waals surface area contributed by atoms with Gasteiger partial charge in [-0.05, 0) is 70.2 Å². The third-order valence-corrected chi connectivity index (χ3v) is 6.41. The highest BCUT2D eigenvalue weighted by atomic mass is 16.7. The van der Waals surface area contributed by atoms with Crippen LogP contribution in [0.15, 0.2) is 54.6 Å². The maximum absolute atomic E-state index is 12.6. The maximum atomic E-state index is 12.6. The number of hydrogen-bond donors (Lipinski definition) is 0. The van der Waals surface area contributed by atoms with E-state index >= 15 is 0 Å². The zero-order chi connectivity index (χ0) is 20.6. The van der Waals surface area contributed by atoms with E-state index in [1.807, 2.05) is 18.2 Å². The first-order valence-corrected chi connectivity index (χ1v) is 10.6. The molecule has 2 atom stereocenters. The average molecular weight is 394 g/mol. The Labute approximate surface area is 173 Å². The van der Waals surface area contributed by atoms with Gasteiger partial charge >= 0.3 is 5.97 Å². The molecule has 0 radical (unpaired) electrons. The fourth-order valence-corrected chi connectivity index (χ4v) is 4.96. The third-order valence-electron chi connectivity index (χ3n) is 6.41. The van der Waals surface area contributed by atoms with Crippen molar-refractivity contribution in [2.75, 3.05) is 0 Å². The highest BCUT2D eigenvalue weighted by Crippen LogP contribution is 2.50. The van der Waals surface area contributed by atoms with Gasteiger partial charge in [0, 0.05) is 0 Å². The van der Waals surface area contributed by atoms with E-state index in [2.05, 4.69) is 57.0 Å². The molecule has 0 spiro atoms. The van der Waals surface area contributed by atoms with Gasteiger partial charge in [0.15, 0.2) is 0 Å². The molecule has 0 saturated heterocycles. The molecule has 1 fully saturated rings. The summed E-state index contributed by atoms with van der Waals surface area (Å²) in [6.45, 7) is 8.81. The molecule has 0 N–H and O–H groups in total. The number of nitrogens with zero attached hydrogens (tertiary/aromatic N) is 1. The van der Waals surface area contributed by atoms with Crippen LogP contribution in [0, 0.1) is 0 Å². The summed E-state index contributed by atoms with van der Waals surface area (Å²) in [5.74, 6) is -0.269. The number of rotatable bonds is 4. The molecule has 4 rings (SSSR count). The highest BCUT2D eigenvalue weighted by Gasteiger charge is 2.51. The molecular formula is C25H31NO3. The van der Waals surface area contributed by atoms with Crippen LogP contribution in [0.5, 0.6) is 0 Å². The van der Waals surface area contributed by atoms with Crippen LogP contribution < -0.4 is 0 Å². The fraction of sp³-hybridized carbons (Fsp3) is 0.480. The first-order valence-electron chi connectivity index (χ1n) is 10.6. The summed E-state index contributed by atoms with van der Waals surface area (Å²) in [6, 6.07) is 17.8. The normalized spacial score (nSPS) is 25.4. The summed E-state index contributed by atoms with van der Waals surface area (Å²) < 4.78 is 5.92. The molecule has 0 unspecified atom stereocenters. The average Bonchev–Trinajstić information content (AvgIpc) is 2.87. The van der Waals surface area contributed by atoms with E-state index in [9.17, 15) is 4.79 Å². The monoisotopic (exact) mass is 393 g/mol. The van der Waals surface area contributed by atoms with Gasteiger partial charge in [-0.3, -0.25) is 4.84 Å². The molecule has 2 aromatic rings. The van der Waals surface area contributed by atoms with E-state index in [-0.39, 0.29) is 29.3 Å². The lowest BCUT2D eigenvalue weighted by molar-refractivity contribution is -0.305. The number of carbonyl (C=O) groups excluding carboxylic acids is 1. The molecule has 1 saturated carbocycles. The number of carbonyl (C=O) groups is 1. The van der Waals surface area contributed by atoms with Crippen LogP contribution in [0.2, 0.25) is 0 Å². The van der Waals surface area contributed by atoms with Crippen molar-refractivity contribution < 1.29 is 14.4 Å². The standard InChI is InChI=1S/C25H31NO3/c1-24(2)19-14-8-9-15-20(19)25(3,4)26(24)29-22-17-11-10-16-21(22)28-23(27)18-12-6-5-7-13-18/h5-9,12-15,21-22H,10-11,16-17H2,1-4H3/t21-,22-/m0/s1. The second kappa shape index (κ2) is 7.58. The van der Waals surface area contributed by atoms with E-state index in [4.69, 9.17) is 9.57 Å². The van der Waals surface area contributed by atoms with Crippen LogP contribution in [0.25, 0.3) is 0 Å². The van der Waals surface area contributed by atoms with Crippen LogP contribution >= 0.6 is 0 Å². The summed E-state index contributed by atoms with van der Waals surface area (Å²) in [6.07, 6.45) is 3.51. The SMILES string of the molecule is CC1(C)c2ccccc2C(C)(C)N1O[C@H]1CCCC[C@@H]1OC(=O)c1ccccc1. The predicted octanol–water partition coefficient (Wildman–Crippen LogP) is 5.57. The number of hydrogen-bond acceptors (Lipinski definition) is 4. The Morgan fingerprint density at radius 1 is 0.828 bits per heavy atom. The van der Waals surface area contributed by atoms with Gasteiger partial charge in [0.2, 0.25) is 0 Å². The smallest absolute Gasteiger partial charge is 0.338 e. The second-order valence-electron chi connectivity index (χ2n) is 9.20. The minimum absolute atomic E-state index is 0.135. The zero-order valence-electron chi connectivity index (χ0n) is 17.9. The van der Waals surface area contributed by atoms with Gasteiger partial charge in [0.05, 0.1) is 16.6 Å². The van der Waals surface area contributed by atoms with E-state index in [1.165, 1.54) is 11.1 Å². The first kappa shape index (κ1) is 20.1. The second-order valence-corrected chi connectivity index (χ2v) is 9.20. The minimum Gasteiger partial charge on any atom is -0.456 e. The number of fused-ring (bicyclic) bond motifs is 1. The van der Waals surface area contributed by atoms with Crippen molar-refractivity contribution in [1.29, 1.82) is 0 Å². The molecule has 4 heteroatoms. The first-order chi connectivity index (χ1) is 13.8. The quantitative estimate of drug-likeness (QED) is 0.636. The summed E-state index contributed by atoms with van der Waals surface area (Å²) in [5, 5.41) is 2.13. The van der Waals surface area contributed by atoms with E-state index in [0.717, 1.165) is 25.7 Å². The molecule has 0 amide bonds. The lowest BCUT2D eigenvalue weighted by Crippen LogP contribution is -2.50. The van der Waals surface area contributed by atoms with Gasteiger partial charge in [0.1, 0.15) is 12.2 Å². The Kier molecular flexibility index (Phi) is 5.26. The predicted molar refractivity (Wildman–Crippen MR) is 113 cm³/mol. The van der Waals surface area contributed by atoms with Crippen molar-refractivity contribution in [2.45, 2.75) is 76.7 Å². The van der Waals surface area contributed by atoms with E-state index in [1.54, 1.807) is 12.1 Å². The molecule has 2 aromatic carbocycles. The summed E-state index contributed by atoms with van der Waals surface area (Å²) in [4.78, 5) is 19.3. The van der Waals surface area contributed by atoms with Crippen LogP contribution in [-0.4, -0.2) is 23.2 Å². The topological polar surface area (TPSA) is 38.8 Å². The van der Waals surface area contributed by atoms with Crippen molar-refractivity contribution in [1.82, 2.24) is 5.06 Å². The fourth-order valence-electron chi connectivity index (χ4n) is 4.96. The lowest BCUT2D eigenvalue weighted by Gasteiger charge is -2.44. The molecule has 4 nitrogen and oxygen atoms in total. The largest absolute Gasteiger partial charge is 0.456 e. The molecule has 2 aliphatic rings. The third kappa shape index (κ3) is 3.60. The van der Waals surface area contributed by atoms with Crippen molar-refractivity contribution in [3.05, 3.63) is 71.3 Å². The number of benzene rings is 2. The van der Waals surface area contributed by atoms with Crippen molar-refractivity contribution in [2.24, 2.45) is 0 Å². The molecule has 29 heavy (non-hydrogen) atoms. The molecule has 0 bridgehead atoms. The lowest BCUT2D eigenvalue weighted by atomic mass is 9.91. The van der Waals surface area contributed by atoms with Crippen molar-refractivity contribution in [3.8, 4) is 0 Å². The molecule has 1 heterocycles.